The first-order valence-corrected chi connectivity index (χ1v) is 3.68. The summed E-state index contributed by atoms with van der Waals surface area (Å²) < 4.78 is 0. The number of nitrogen functional groups attached to an aromatic ring is 1. The fraction of sp³-hybridized carbons (Fsp3) is 0.250. The molecule has 0 saturated heterocycles. The van der Waals surface area contributed by atoms with Gasteiger partial charge in [-0.05, 0) is 18.6 Å². The molecule has 0 aromatic heterocycles. The van der Waals surface area contributed by atoms with Gasteiger partial charge in [-0.25, -0.2) is 0 Å². The first-order chi connectivity index (χ1) is 5.65. The molecule has 0 aliphatic carbocycles. The first kappa shape index (κ1) is 8.52. The van der Waals surface area contributed by atoms with Crippen molar-refractivity contribution in [2.75, 3.05) is 5.73 Å². The summed E-state index contributed by atoms with van der Waals surface area (Å²) in [7, 11) is 0. The van der Waals surface area contributed by atoms with Crippen LogP contribution in [0.5, 0.6) is 0 Å². The number of nitro benzene ring substituents is 1. The minimum absolute atomic E-state index is 0.145. The van der Waals surface area contributed by atoms with Crippen molar-refractivity contribution in [1.82, 2.24) is 0 Å². The van der Waals surface area contributed by atoms with Crippen molar-refractivity contribution >= 4 is 11.4 Å². The molecule has 0 spiro atoms. The van der Waals surface area contributed by atoms with Crippen LogP contribution < -0.4 is 5.73 Å². The monoisotopic (exact) mass is 166 g/mol. The third kappa shape index (κ3) is 1.53. The van der Waals surface area contributed by atoms with Crippen molar-refractivity contribution in [2.24, 2.45) is 0 Å². The second kappa shape index (κ2) is 3.21. The minimum Gasteiger partial charge on any atom is -0.399 e. The Morgan fingerprint density at radius 3 is 2.75 bits per heavy atom. The van der Waals surface area contributed by atoms with Crippen molar-refractivity contribution in [2.45, 2.75) is 13.3 Å². The Morgan fingerprint density at radius 2 is 2.25 bits per heavy atom. The summed E-state index contributed by atoms with van der Waals surface area (Å²) in [5, 5.41) is 10.5. The lowest BCUT2D eigenvalue weighted by Crippen LogP contribution is -1.95. The zero-order chi connectivity index (χ0) is 9.14. The average molecular weight is 166 g/mol. The van der Waals surface area contributed by atoms with E-state index >= 15 is 0 Å². The van der Waals surface area contributed by atoms with Gasteiger partial charge in [0.1, 0.15) is 0 Å². The van der Waals surface area contributed by atoms with Crippen LogP contribution in [-0.2, 0) is 6.42 Å². The second-order valence-electron chi connectivity index (χ2n) is 2.50. The Hall–Kier alpha value is -1.58. The molecule has 0 aliphatic rings. The van der Waals surface area contributed by atoms with Crippen molar-refractivity contribution in [1.29, 1.82) is 0 Å². The van der Waals surface area contributed by atoms with Gasteiger partial charge in [-0.15, -0.1) is 0 Å². The maximum absolute atomic E-state index is 10.5. The predicted octanol–water partition coefficient (Wildman–Crippen LogP) is 1.74. The van der Waals surface area contributed by atoms with Gasteiger partial charge in [0, 0.05) is 17.3 Å². The molecule has 0 radical (unpaired) electrons. The Bertz CT molecular complexity index is 310. The highest BCUT2D eigenvalue weighted by Crippen LogP contribution is 2.21. The molecule has 4 heteroatoms. The van der Waals surface area contributed by atoms with Crippen molar-refractivity contribution in [3.05, 3.63) is 33.9 Å². The summed E-state index contributed by atoms with van der Waals surface area (Å²) in [5.74, 6) is 0. The summed E-state index contributed by atoms with van der Waals surface area (Å²) in [6.07, 6.45) is 0.626. The van der Waals surface area contributed by atoms with E-state index in [2.05, 4.69) is 0 Å². The highest BCUT2D eigenvalue weighted by Gasteiger charge is 2.10. The van der Waals surface area contributed by atoms with E-state index in [-0.39, 0.29) is 5.69 Å². The van der Waals surface area contributed by atoms with Gasteiger partial charge in [-0.1, -0.05) is 6.92 Å². The molecule has 4 nitrogen and oxygen atoms in total. The van der Waals surface area contributed by atoms with Gasteiger partial charge in [-0.3, -0.25) is 10.1 Å². The standard InChI is InChI=1S/C8H10N2O2/c1-2-6-5-7(9)3-4-8(6)10(11)12/h3-5H,2,9H2,1H3. The van der Waals surface area contributed by atoms with E-state index in [4.69, 9.17) is 5.73 Å². The Balaban J connectivity index is 3.20. The number of anilines is 1. The molecule has 1 aromatic carbocycles. The first-order valence-electron chi connectivity index (χ1n) is 3.68. The van der Waals surface area contributed by atoms with Crippen molar-refractivity contribution in [3.8, 4) is 0 Å². The molecule has 0 unspecified atom stereocenters. The highest BCUT2D eigenvalue weighted by molar-refractivity contribution is 5.51. The SMILES string of the molecule is CCc1cc(N)ccc1[N+](=O)[O-]. The lowest BCUT2D eigenvalue weighted by Gasteiger charge is -1.99. The van der Waals surface area contributed by atoms with E-state index in [1.54, 1.807) is 6.07 Å². The zero-order valence-electron chi connectivity index (χ0n) is 6.78. The van der Waals surface area contributed by atoms with Gasteiger partial charge in [-0.2, -0.15) is 0 Å². The van der Waals surface area contributed by atoms with Crippen LogP contribution >= 0.6 is 0 Å². The maximum atomic E-state index is 10.5. The van der Waals surface area contributed by atoms with Crippen LogP contribution in [0, 0.1) is 10.1 Å². The molecular formula is C8H10N2O2. The lowest BCUT2D eigenvalue weighted by molar-refractivity contribution is -0.385. The fourth-order valence-electron chi connectivity index (χ4n) is 1.07. The molecule has 12 heavy (non-hydrogen) atoms. The van der Waals surface area contributed by atoms with E-state index in [0.29, 0.717) is 17.7 Å². The van der Waals surface area contributed by atoms with Crippen LogP contribution in [0.25, 0.3) is 0 Å². The zero-order valence-corrected chi connectivity index (χ0v) is 6.78. The topological polar surface area (TPSA) is 69.2 Å². The molecule has 64 valence electrons. The van der Waals surface area contributed by atoms with E-state index in [9.17, 15) is 10.1 Å². The molecule has 0 saturated carbocycles. The molecule has 0 heterocycles. The number of aryl methyl sites for hydroxylation is 1. The normalized spacial score (nSPS) is 9.75. The van der Waals surface area contributed by atoms with Crippen LogP contribution in [0.4, 0.5) is 11.4 Å². The van der Waals surface area contributed by atoms with E-state index in [1.807, 2.05) is 6.92 Å². The summed E-state index contributed by atoms with van der Waals surface area (Å²) in [6, 6.07) is 4.61. The van der Waals surface area contributed by atoms with Crippen LogP contribution in [0.3, 0.4) is 0 Å². The highest BCUT2D eigenvalue weighted by atomic mass is 16.6. The Labute approximate surface area is 70.2 Å². The minimum atomic E-state index is -0.391. The molecule has 0 atom stereocenters. The number of nitrogens with zero attached hydrogens (tertiary/aromatic N) is 1. The van der Waals surface area contributed by atoms with E-state index in [0.717, 1.165) is 0 Å². The number of benzene rings is 1. The third-order valence-electron chi connectivity index (χ3n) is 1.68. The van der Waals surface area contributed by atoms with E-state index in [1.165, 1.54) is 12.1 Å². The molecule has 0 aliphatic heterocycles. The largest absolute Gasteiger partial charge is 0.399 e. The van der Waals surface area contributed by atoms with Gasteiger partial charge in [0.2, 0.25) is 0 Å². The van der Waals surface area contributed by atoms with Gasteiger partial charge in [0.15, 0.2) is 0 Å². The lowest BCUT2D eigenvalue weighted by atomic mass is 10.1. The van der Waals surface area contributed by atoms with Crippen LogP contribution in [0.2, 0.25) is 0 Å². The van der Waals surface area contributed by atoms with E-state index < -0.39 is 4.92 Å². The van der Waals surface area contributed by atoms with Gasteiger partial charge >= 0.3 is 0 Å². The molecule has 2 N–H and O–H groups in total. The smallest absolute Gasteiger partial charge is 0.272 e. The third-order valence-corrected chi connectivity index (χ3v) is 1.68. The Morgan fingerprint density at radius 1 is 1.58 bits per heavy atom. The summed E-state index contributed by atoms with van der Waals surface area (Å²) in [6.45, 7) is 1.86. The van der Waals surface area contributed by atoms with Gasteiger partial charge < -0.3 is 5.73 Å². The van der Waals surface area contributed by atoms with Gasteiger partial charge in [0.25, 0.3) is 5.69 Å². The summed E-state index contributed by atoms with van der Waals surface area (Å²) >= 11 is 0. The molecule has 0 amide bonds. The Kier molecular flexibility index (Phi) is 2.28. The molecular weight excluding hydrogens is 156 g/mol. The number of rotatable bonds is 2. The molecule has 0 bridgehead atoms. The molecule has 0 fully saturated rings. The van der Waals surface area contributed by atoms with Crippen LogP contribution in [0.1, 0.15) is 12.5 Å². The van der Waals surface area contributed by atoms with Crippen molar-refractivity contribution < 1.29 is 4.92 Å². The summed E-state index contributed by atoms with van der Waals surface area (Å²) in [4.78, 5) is 10.1. The number of hydrogen-bond donors (Lipinski definition) is 1. The fourth-order valence-corrected chi connectivity index (χ4v) is 1.07. The molecule has 1 rings (SSSR count). The maximum Gasteiger partial charge on any atom is 0.272 e. The van der Waals surface area contributed by atoms with Crippen molar-refractivity contribution in [3.63, 3.8) is 0 Å². The average Bonchev–Trinajstić information content (AvgIpc) is 2.03. The summed E-state index contributed by atoms with van der Waals surface area (Å²) in [5.41, 5.74) is 6.87. The number of nitro groups is 1. The quantitative estimate of drug-likeness (QED) is 0.413. The van der Waals surface area contributed by atoms with Crippen LogP contribution in [0.15, 0.2) is 18.2 Å². The number of nitrogens with two attached hydrogens (primary N) is 1. The van der Waals surface area contributed by atoms with Gasteiger partial charge in [0.05, 0.1) is 4.92 Å². The van der Waals surface area contributed by atoms with Crippen LogP contribution in [-0.4, -0.2) is 4.92 Å². The second-order valence-corrected chi connectivity index (χ2v) is 2.50. The predicted molar refractivity (Wildman–Crippen MR) is 46.9 cm³/mol. The molecule has 1 aromatic rings. The number of hydrogen-bond acceptors (Lipinski definition) is 3.